The van der Waals surface area contributed by atoms with Gasteiger partial charge in [0.25, 0.3) is 0 Å². The summed E-state index contributed by atoms with van der Waals surface area (Å²) in [6.45, 7) is 1.70. The third kappa shape index (κ3) is 2.20. The second kappa shape index (κ2) is 3.34. The SMILES string of the molecule is CC(N)=CC(=O)c1ccsc1. The van der Waals surface area contributed by atoms with Crippen molar-refractivity contribution in [3.8, 4) is 0 Å². The van der Waals surface area contributed by atoms with Gasteiger partial charge in [0.05, 0.1) is 0 Å². The standard InChI is InChI=1S/C8H9NOS/c1-6(9)4-8(10)7-2-3-11-5-7/h2-5H,9H2,1H3. The predicted octanol–water partition coefficient (Wildman–Crippen LogP) is 1.79. The number of carbonyl (C=O) groups is 1. The number of rotatable bonds is 2. The van der Waals surface area contributed by atoms with Crippen LogP contribution in [0.25, 0.3) is 0 Å². The normalized spacial score (nSPS) is 11.5. The van der Waals surface area contributed by atoms with Crippen LogP contribution < -0.4 is 5.73 Å². The fourth-order valence-corrected chi connectivity index (χ4v) is 1.34. The lowest BCUT2D eigenvalue weighted by molar-refractivity contribution is 0.104. The zero-order valence-electron chi connectivity index (χ0n) is 6.20. The summed E-state index contributed by atoms with van der Waals surface area (Å²) in [5.41, 5.74) is 6.59. The van der Waals surface area contributed by atoms with Crippen LogP contribution in [0.15, 0.2) is 28.6 Å². The minimum absolute atomic E-state index is 0.0220. The summed E-state index contributed by atoms with van der Waals surface area (Å²) in [4.78, 5) is 11.2. The van der Waals surface area contributed by atoms with Gasteiger partial charge in [-0.05, 0) is 18.4 Å². The zero-order chi connectivity index (χ0) is 8.27. The molecule has 1 heterocycles. The minimum Gasteiger partial charge on any atom is -0.402 e. The average Bonchev–Trinajstić information content (AvgIpc) is 2.35. The van der Waals surface area contributed by atoms with Crippen LogP contribution in [0.5, 0.6) is 0 Å². The lowest BCUT2D eigenvalue weighted by Crippen LogP contribution is -1.98. The summed E-state index contributed by atoms with van der Waals surface area (Å²) in [7, 11) is 0. The molecular formula is C8H9NOS. The highest BCUT2D eigenvalue weighted by molar-refractivity contribution is 7.08. The monoisotopic (exact) mass is 167 g/mol. The first kappa shape index (κ1) is 8.01. The van der Waals surface area contributed by atoms with Gasteiger partial charge in [-0.2, -0.15) is 11.3 Å². The molecule has 0 fully saturated rings. The molecule has 0 radical (unpaired) electrons. The quantitative estimate of drug-likeness (QED) is 0.539. The third-order valence-corrected chi connectivity index (χ3v) is 1.85. The van der Waals surface area contributed by atoms with Crippen LogP contribution in [-0.2, 0) is 0 Å². The van der Waals surface area contributed by atoms with E-state index in [0.717, 1.165) is 0 Å². The van der Waals surface area contributed by atoms with Crippen molar-refractivity contribution < 1.29 is 4.79 Å². The molecule has 0 aliphatic rings. The van der Waals surface area contributed by atoms with Crippen molar-refractivity contribution in [3.05, 3.63) is 34.2 Å². The predicted molar refractivity (Wildman–Crippen MR) is 46.6 cm³/mol. The van der Waals surface area contributed by atoms with Gasteiger partial charge >= 0.3 is 0 Å². The molecule has 0 unspecified atom stereocenters. The van der Waals surface area contributed by atoms with E-state index in [1.54, 1.807) is 13.0 Å². The summed E-state index contributed by atoms with van der Waals surface area (Å²) < 4.78 is 0. The summed E-state index contributed by atoms with van der Waals surface area (Å²) in [6, 6.07) is 1.78. The van der Waals surface area contributed by atoms with Crippen LogP contribution in [0.1, 0.15) is 17.3 Å². The molecule has 11 heavy (non-hydrogen) atoms. The second-order valence-corrected chi connectivity index (χ2v) is 3.04. The van der Waals surface area contributed by atoms with Crippen molar-refractivity contribution in [1.82, 2.24) is 0 Å². The van der Waals surface area contributed by atoms with Gasteiger partial charge in [0.1, 0.15) is 0 Å². The van der Waals surface area contributed by atoms with Crippen molar-refractivity contribution in [3.63, 3.8) is 0 Å². The van der Waals surface area contributed by atoms with Gasteiger partial charge in [0, 0.05) is 22.7 Å². The van der Waals surface area contributed by atoms with Crippen LogP contribution >= 0.6 is 11.3 Å². The Labute approximate surface area is 69.3 Å². The van der Waals surface area contributed by atoms with Gasteiger partial charge in [-0.1, -0.05) is 0 Å². The minimum atomic E-state index is -0.0220. The van der Waals surface area contributed by atoms with Gasteiger partial charge in [-0.15, -0.1) is 0 Å². The third-order valence-electron chi connectivity index (χ3n) is 1.16. The Morgan fingerprint density at radius 2 is 2.45 bits per heavy atom. The summed E-state index contributed by atoms with van der Waals surface area (Å²) in [5.74, 6) is -0.0220. The fourth-order valence-electron chi connectivity index (χ4n) is 0.695. The number of hydrogen-bond acceptors (Lipinski definition) is 3. The Kier molecular flexibility index (Phi) is 2.44. The Morgan fingerprint density at radius 3 is 2.91 bits per heavy atom. The topological polar surface area (TPSA) is 43.1 Å². The summed E-state index contributed by atoms with van der Waals surface area (Å²) in [5, 5.41) is 3.68. The largest absolute Gasteiger partial charge is 0.402 e. The highest BCUT2D eigenvalue weighted by Gasteiger charge is 2.00. The number of nitrogens with two attached hydrogens (primary N) is 1. The number of thiophene rings is 1. The maximum Gasteiger partial charge on any atom is 0.188 e. The molecule has 1 rings (SSSR count). The number of allylic oxidation sites excluding steroid dienone is 2. The van der Waals surface area contributed by atoms with Crippen LogP contribution in [0.2, 0.25) is 0 Å². The van der Waals surface area contributed by atoms with E-state index >= 15 is 0 Å². The van der Waals surface area contributed by atoms with E-state index in [4.69, 9.17) is 5.73 Å². The Hall–Kier alpha value is -1.09. The van der Waals surface area contributed by atoms with Crippen molar-refractivity contribution in [1.29, 1.82) is 0 Å². The molecule has 0 atom stereocenters. The van der Waals surface area contributed by atoms with Crippen molar-refractivity contribution in [2.45, 2.75) is 6.92 Å². The van der Waals surface area contributed by atoms with Crippen molar-refractivity contribution in [2.75, 3.05) is 0 Å². The molecule has 3 heteroatoms. The molecule has 0 aliphatic heterocycles. The highest BCUT2D eigenvalue weighted by Crippen LogP contribution is 2.07. The van der Waals surface area contributed by atoms with E-state index in [9.17, 15) is 4.79 Å². The molecule has 2 nitrogen and oxygen atoms in total. The Morgan fingerprint density at radius 1 is 1.73 bits per heavy atom. The lowest BCUT2D eigenvalue weighted by Gasteiger charge is -1.89. The fraction of sp³-hybridized carbons (Fsp3) is 0.125. The first-order valence-electron chi connectivity index (χ1n) is 3.20. The maximum absolute atomic E-state index is 11.2. The Balaban J connectivity index is 2.80. The molecule has 58 valence electrons. The highest BCUT2D eigenvalue weighted by atomic mass is 32.1. The van der Waals surface area contributed by atoms with E-state index in [2.05, 4.69) is 0 Å². The van der Waals surface area contributed by atoms with Crippen molar-refractivity contribution >= 4 is 17.1 Å². The molecule has 0 amide bonds. The first-order valence-corrected chi connectivity index (χ1v) is 4.15. The van der Waals surface area contributed by atoms with Crippen LogP contribution in [0.3, 0.4) is 0 Å². The second-order valence-electron chi connectivity index (χ2n) is 2.26. The zero-order valence-corrected chi connectivity index (χ0v) is 7.02. The summed E-state index contributed by atoms with van der Waals surface area (Å²) >= 11 is 1.50. The molecule has 0 saturated carbocycles. The number of ketones is 1. The van der Waals surface area contributed by atoms with Gasteiger partial charge in [0.15, 0.2) is 5.78 Å². The molecule has 0 aromatic carbocycles. The van der Waals surface area contributed by atoms with E-state index in [1.165, 1.54) is 17.4 Å². The molecule has 1 aromatic heterocycles. The molecule has 0 spiro atoms. The van der Waals surface area contributed by atoms with Crippen LogP contribution in [0, 0.1) is 0 Å². The lowest BCUT2D eigenvalue weighted by atomic mass is 10.2. The smallest absolute Gasteiger partial charge is 0.188 e. The van der Waals surface area contributed by atoms with Gasteiger partial charge in [-0.3, -0.25) is 4.79 Å². The summed E-state index contributed by atoms with van der Waals surface area (Å²) in [6.07, 6.45) is 1.43. The molecule has 0 bridgehead atoms. The van der Waals surface area contributed by atoms with Crippen LogP contribution in [0.4, 0.5) is 0 Å². The van der Waals surface area contributed by atoms with Crippen molar-refractivity contribution in [2.24, 2.45) is 5.73 Å². The van der Waals surface area contributed by atoms with Gasteiger partial charge in [0.2, 0.25) is 0 Å². The average molecular weight is 167 g/mol. The molecule has 0 saturated heterocycles. The van der Waals surface area contributed by atoms with E-state index in [-0.39, 0.29) is 5.78 Å². The Bertz CT molecular complexity index is 270. The number of carbonyl (C=O) groups excluding carboxylic acids is 1. The maximum atomic E-state index is 11.2. The number of hydrogen-bond donors (Lipinski definition) is 1. The molecule has 2 N–H and O–H groups in total. The van der Waals surface area contributed by atoms with E-state index in [1.807, 2.05) is 10.8 Å². The first-order chi connectivity index (χ1) is 5.20. The van der Waals surface area contributed by atoms with Gasteiger partial charge < -0.3 is 5.73 Å². The van der Waals surface area contributed by atoms with Gasteiger partial charge in [-0.25, -0.2) is 0 Å². The van der Waals surface area contributed by atoms with E-state index < -0.39 is 0 Å². The molecule has 0 aliphatic carbocycles. The molecular weight excluding hydrogens is 158 g/mol. The molecule has 1 aromatic rings. The van der Waals surface area contributed by atoms with E-state index in [0.29, 0.717) is 11.3 Å². The van der Waals surface area contributed by atoms with Crippen LogP contribution in [-0.4, -0.2) is 5.78 Å².